The number of benzene rings is 2. The average molecular weight is 450 g/mol. The zero-order valence-corrected chi connectivity index (χ0v) is 14.6. The molecule has 25 heavy (non-hydrogen) atoms. The molecular weight excluding hydrogens is 441 g/mol. The first-order valence-corrected chi connectivity index (χ1v) is 8.26. The van der Waals surface area contributed by atoms with Gasteiger partial charge in [-0.2, -0.15) is 0 Å². The van der Waals surface area contributed by atoms with E-state index in [-0.39, 0.29) is 5.82 Å². The topological polar surface area (TPSA) is 63.8 Å². The van der Waals surface area contributed by atoms with Gasteiger partial charge in [0.25, 0.3) is 0 Å². The van der Waals surface area contributed by atoms with E-state index in [4.69, 9.17) is 0 Å². The zero-order chi connectivity index (χ0) is 17.6. The maximum Gasteiger partial charge on any atom is 0.166 e. The van der Waals surface area contributed by atoms with Gasteiger partial charge in [-0.25, -0.2) is 18.4 Å². The van der Waals surface area contributed by atoms with E-state index in [0.29, 0.717) is 31.5 Å². The highest BCUT2D eigenvalue weighted by atomic mass is 127. The van der Waals surface area contributed by atoms with Crippen molar-refractivity contribution in [3.63, 3.8) is 0 Å². The van der Waals surface area contributed by atoms with Crippen molar-refractivity contribution >= 4 is 33.5 Å². The number of fused-ring (bicyclic) bond motifs is 1. The van der Waals surface area contributed by atoms with Gasteiger partial charge in [-0.05, 0) is 52.9 Å². The van der Waals surface area contributed by atoms with Crippen molar-refractivity contribution in [2.24, 2.45) is 0 Å². The third-order valence-electron chi connectivity index (χ3n) is 3.68. The Bertz CT molecular complexity index is 1110. The van der Waals surface area contributed by atoms with Gasteiger partial charge in [0, 0.05) is 11.5 Å². The van der Waals surface area contributed by atoms with Gasteiger partial charge >= 0.3 is 0 Å². The highest BCUT2D eigenvalue weighted by Crippen LogP contribution is 2.24. The van der Waals surface area contributed by atoms with Gasteiger partial charge in [0.1, 0.15) is 11.5 Å². The van der Waals surface area contributed by atoms with Crippen molar-refractivity contribution in [2.45, 2.75) is 0 Å². The Kier molecular flexibility index (Phi) is 3.83. The van der Waals surface area contributed by atoms with Crippen LogP contribution in [-0.4, -0.2) is 25.1 Å². The fourth-order valence-electron chi connectivity index (χ4n) is 2.41. The molecule has 8 heteroatoms. The Morgan fingerprint density at radius 2 is 1.80 bits per heavy atom. The molecule has 4 rings (SSSR count). The van der Waals surface area contributed by atoms with Crippen molar-refractivity contribution in [1.82, 2.24) is 20.0 Å². The van der Waals surface area contributed by atoms with Crippen LogP contribution >= 0.6 is 22.6 Å². The Morgan fingerprint density at radius 3 is 2.60 bits per heavy atom. The van der Waals surface area contributed by atoms with Crippen LogP contribution in [0.15, 0.2) is 48.7 Å². The van der Waals surface area contributed by atoms with E-state index in [1.807, 2.05) is 22.6 Å². The molecule has 0 radical (unpaired) electrons. The number of aromatic hydroxyl groups is 1. The molecule has 0 aliphatic heterocycles. The lowest BCUT2D eigenvalue weighted by molar-refractivity contribution is 0.432. The monoisotopic (exact) mass is 450 g/mol. The van der Waals surface area contributed by atoms with Gasteiger partial charge in [-0.3, -0.25) is 0 Å². The van der Waals surface area contributed by atoms with E-state index in [0.717, 1.165) is 6.07 Å². The number of rotatable bonds is 2. The van der Waals surface area contributed by atoms with Gasteiger partial charge in [0.15, 0.2) is 11.6 Å². The largest absolute Gasteiger partial charge is 0.505 e. The lowest BCUT2D eigenvalue weighted by Gasteiger charge is -2.02. The highest BCUT2D eigenvalue weighted by Gasteiger charge is 2.10. The molecule has 124 valence electrons. The van der Waals surface area contributed by atoms with Crippen LogP contribution in [0.5, 0.6) is 5.75 Å². The molecule has 2 aromatic carbocycles. The number of hydrogen-bond acceptors (Lipinski definition) is 4. The second-order valence-electron chi connectivity index (χ2n) is 5.34. The summed E-state index contributed by atoms with van der Waals surface area (Å²) in [4.78, 5) is 4.48. The van der Waals surface area contributed by atoms with Crippen molar-refractivity contribution in [2.75, 3.05) is 0 Å². The summed E-state index contributed by atoms with van der Waals surface area (Å²) >= 11 is 1.91. The zero-order valence-electron chi connectivity index (χ0n) is 12.5. The summed E-state index contributed by atoms with van der Waals surface area (Å²) in [5, 5.41) is 18.0. The maximum atomic E-state index is 13.6. The van der Waals surface area contributed by atoms with Crippen LogP contribution in [0, 0.1) is 15.2 Å². The minimum absolute atomic E-state index is 0.289. The average Bonchev–Trinajstić information content (AvgIpc) is 3.08. The van der Waals surface area contributed by atoms with Crippen molar-refractivity contribution < 1.29 is 13.9 Å². The fraction of sp³-hybridized carbons (Fsp3) is 0. The highest BCUT2D eigenvalue weighted by molar-refractivity contribution is 14.1. The molecule has 0 amide bonds. The molecule has 0 saturated heterocycles. The number of aromatic nitrogens is 4. The maximum absolute atomic E-state index is 13.6. The third-order valence-corrected chi connectivity index (χ3v) is 4.51. The summed E-state index contributed by atoms with van der Waals surface area (Å²) < 4.78 is 29.0. The quantitative estimate of drug-likeness (QED) is 0.468. The van der Waals surface area contributed by atoms with Crippen LogP contribution in [0.2, 0.25) is 0 Å². The molecule has 0 aliphatic carbocycles. The van der Waals surface area contributed by atoms with Crippen LogP contribution in [0.3, 0.4) is 0 Å². The van der Waals surface area contributed by atoms with Crippen LogP contribution in [0.1, 0.15) is 0 Å². The molecule has 0 bridgehead atoms. The van der Waals surface area contributed by atoms with Gasteiger partial charge < -0.3 is 5.11 Å². The van der Waals surface area contributed by atoms with E-state index >= 15 is 0 Å². The second kappa shape index (κ2) is 6.03. The van der Waals surface area contributed by atoms with E-state index in [1.165, 1.54) is 22.9 Å². The van der Waals surface area contributed by atoms with Gasteiger partial charge in [-0.1, -0.05) is 11.3 Å². The minimum Gasteiger partial charge on any atom is -0.505 e. The number of phenolic OH excluding ortho intramolecular Hbond substituents is 1. The summed E-state index contributed by atoms with van der Waals surface area (Å²) in [6.45, 7) is 0. The van der Waals surface area contributed by atoms with Crippen molar-refractivity contribution in [3.8, 4) is 22.8 Å². The van der Waals surface area contributed by atoms with Crippen LogP contribution in [-0.2, 0) is 0 Å². The predicted molar refractivity (Wildman–Crippen MR) is 96.4 cm³/mol. The van der Waals surface area contributed by atoms with Gasteiger partial charge in [0.05, 0.1) is 26.7 Å². The Balaban J connectivity index is 1.75. The van der Waals surface area contributed by atoms with Crippen molar-refractivity contribution in [3.05, 3.63) is 63.9 Å². The summed E-state index contributed by atoms with van der Waals surface area (Å²) in [6.07, 6.45) is 1.61. The van der Waals surface area contributed by atoms with Crippen LogP contribution in [0.25, 0.3) is 28.0 Å². The first kappa shape index (κ1) is 15.9. The molecular formula is C17H9F2IN4O. The van der Waals surface area contributed by atoms with Crippen LogP contribution < -0.4 is 0 Å². The fourth-order valence-corrected chi connectivity index (χ4v) is 2.86. The standard InChI is InChI=1S/C17H9F2IN4O/c18-11-5-9-1-3-14(21-15(9)7-13(11)20)16-8-24(23-22-16)10-2-4-17(25)12(19)6-10/h1-8,25H. The number of hydrogen-bond donors (Lipinski definition) is 1. The SMILES string of the molecule is Oc1ccc(-n2cc(-c3ccc4cc(F)c(I)cc4n3)nn2)cc1F. The molecule has 0 aliphatic rings. The minimum atomic E-state index is -0.741. The predicted octanol–water partition coefficient (Wildman–Crippen LogP) is 4.07. The Morgan fingerprint density at radius 1 is 0.960 bits per heavy atom. The first-order valence-electron chi connectivity index (χ1n) is 7.19. The van der Waals surface area contributed by atoms with Gasteiger partial charge in [-0.15, -0.1) is 5.10 Å². The van der Waals surface area contributed by atoms with E-state index in [2.05, 4.69) is 15.3 Å². The second-order valence-corrected chi connectivity index (χ2v) is 6.50. The Hall–Kier alpha value is -2.62. The summed E-state index contributed by atoms with van der Waals surface area (Å²) in [5.74, 6) is -1.46. The van der Waals surface area contributed by atoms with Crippen molar-refractivity contribution in [1.29, 1.82) is 0 Å². The number of halogens is 3. The summed E-state index contributed by atoms with van der Waals surface area (Å²) in [7, 11) is 0. The number of phenols is 1. The molecule has 0 saturated carbocycles. The third kappa shape index (κ3) is 2.93. The summed E-state index contributed by atoms with van der Waals surface area (Å²) in [5.41, 5.74) is 2.13. The molecule has 1 N–H and O–H groups in total. The molecule has 0 unspecified atom stereocenters. The van der Waals surface area contributed by atoms with E-state index < -0.39 is 11.6 Å². The molecule has 0 fully saturated rings. The molecule has 2 heterocycles. The molecule has 0 spiro atoms. The van der Waals surface area contributed by atoms with Crippen LogP contribution in [0.4, 0.5) is 8.78 Å². The van der Waals surface area contributed by atoms with Gasteiger partial charge in [0.2, 0.25) is 0 Å². The summed E-state index contributed by atoms with van der Waals surface area (Å²) in [6, 6.07) is 10.5. The first-order chi connectivity index (χ1) is 12.0. The normalized spacial score (nSPS) is 11.2. The molecule has 4 aromatic rings. The lowest BCUT2D eigenvalue weighted by Crippen LogP contribution is -1.95. The Labute approximate surface area is 154 Å². The lowest BCUT2D eigenvalue weighted by atomic mass is 10.2. The molecule has 0 atom stereocenters. The number of pyridine rings is 1. The molecule has 2 aromatic heterocycles. The smallest absolute Gasteiger partial charge is 0.166 e. The van der Waals surface area contributed by atoms with E-state index in [9.17, 15) is 13.9 Å². The van der Waals surface area contributed by atoms with E-state index in [1.54, 1.807) is 24.4 Å². The molecule has 5 nitrogen and oxygen atoms in total. The number of nitrogens with zero attached hydrogens (tertiary/aromatic N) is 4.